The van der Waals surface area contributed by atoms with Gasteiger partial charge in [-0.05, 0) is 46.7 Å². The number of rotatable bonds is 0. The van der Waals surface area contributed by atoms with Crippen LogP contribution in [-0.4, -0.2) is 23.1 Å². The van der Waals surface area contributed by atoms with Gasteiger partial charge in [-0.1, -0.05) is 0 Å². The Hall–Kier alpha value is 1.03. The van der Waals surface area contributed by atoms with Gasteiger partial charge in [0.2, 0.25) is 0 Å². The maximum Gasteiger partial charge on any atom is 0.316 e. The SMILES string of the molecule is Cc1c[pH]c(Br)c1C.[MgH2]. The summed E-state index contributed by atoms with van der Waals surface area (Å²) in [6.45, 7) is 4.30. The third-order valence-corrected chi connectivity index (χ3v) is 3.82. The third kappa shape index (κ3) is 2.27. The van der Waals surface area contributed by atoms with E-state index in [9.17, 15) is 0 Å². The van der Waals surface area contributed by atoms with Crippen molar-refractivity contribution in [3.63, 3.8) is 0 Å². The molecule has 1 aromatic rings. The zero-order valence-electron chi connectivity index (χ0n) is 4.96. The molecule has 0 aliphatic rings. The molecule has 0 spiro atoms. The van der Waals surface area contributed by atoms with Crippen molar-refractivity contribution in [1.82, 2.24) is 0 Å². The minimum absolute atomic E-state index is 0. The summed E-state index contributed by atoms with van der Waals surface area (Å²) >= 11 is 3.48. The van der Waals surface area contributed by atoms with Gasteiger partial charge in [0.1, 0.15) is 0 Å². The van der Waals surface area contributed by atoms with Crippen molar-refractivity contribution < 1.29 is 0 Å². The lowest BCUT2D eigenvalue weighted by atomic mass is 10.2. The van der Waals surface area contributed by atoms with Crippen LogP contribution in [0, 0.1) is 13.8 Å². The fourth-order valence-electron chi connectivity index (χ4n) is 0.561. The van der Waals surface area contributed by atoms with Crippen molar-refractivity contribution in [3.8, 4) is 0 Å². The van der Waals surface area contributed by atoms with Crippen molar-refractivity contribution in [2.24, 2.45) is 0 Å². The highest BCUT2D eigenvalue weighted by molar-refractivity contribution is 9.11. The Balaban J connectivity index is 0.000000640. The zero-order chi connectivity index (χ0) is 6.15. The van der Waals surface area contributed by atoms with Crippen LogP contribution in [-0.2, 0) is 0 Å². The number of aryl methyl sites for hydroxylation is 1. The van der Waals surface area contributed by atoms with Gasteiger partial charge in [0.15, 0.2) is 0 Å². The third-order valence-electron chi connectivity index (χ3n) is 1.34. The van der Waals surface area contributed by atoms with Crippen LogP contribution in [0.5, 0.6) is 0 Å². The summed E-state index contributed by atoms with van der Waals surface area (Å²) in [6, 6.07) is 0. The first-order valence-corrected chi connectivity index (χ1v) is 4.39. The molecular weight excluding hydrogens is 207 g/mol. The lowest BCUT2D eigenvalue weighted by Crippen LogP contribution is -1.67. The second-order valence-corrected chi connectivity index (χ2v) is 4.51. The normalized spacial score (nSPS) is 9.67. The maximum atomic E-state index is 3.48. The van der Waals surface area contributed by atoms with Crippen LogP contribution in [0.3, 0.4) is 0 Å². The van der Waals surface area contributed by atoms with Gasteiger partial charge < -0.3 is 0 Å². The molecule has 0 nitrogen and oxygen atoms in total. The van der Waals surface area contributed by atoms with Crippen LogP contribution in [0.1, 0.15) is 11.1 Å². The van der Waals surface area contributed by atoms with Gasteiger partial charge in [0.25, 0.3) is 0 Å². The Morgan fingerprint density at radius 3 is 2.11 bits per heavy atom. The summed E-state index contributed by atoms with van der Waals surface area (Å²) in [5.74, 6) is 2.26. The van der Waals surface area contributed by atoms with Gasteiger partial charge >= 0.3 is 23.1 Å². The van der Waals surface area contributed by atoms with Crippen molar-refractivity contribution in [3.05, 3.63) is 21.1 Å². The van der Waals surface area contributed by atoms with Crippen molar-refractivity contribution >= 4 is 47.2 Å². The van der Waals surface area contributed by atoms with Gasteiger partial charge in [0.05, 0.1) is 0 Å². The summed E-state index contributed by atoms with van der Waals surface area (Å²) < 4.78 is 1.37. The monoisotopic (exact) mass is 216 g/mol. The maximum absolute atomic E-state index is 3.48. The average Bonchev–Trinajstić information content (AvgIpc) is 1.98. The number of halogens is 1. The van der Waals surface area contributed by atoms with E-state index in [4.69, 9.17) is 0 Å². The summed E-state index contributed by atoms with van der Waals surface area (Å²) in [4.78, 5) is 0. The highest BCUT2D eigenvalue weighted by atomic mass is 79.9. The molecule has 0 aliphatic heterocycles. The fraction of sp³-hybridized carbons (Fsp3) is 0.333. The minimum Gasteiger partial charge on any atom is -0.124 e. The molecule has 0 radical (unpaired) electrons. The minimum atomic E-state index is 0. The van der Waals surface area contributed by atoms with Gasteiger partial charge in [-0.3, -0.25) is 0 Å². The Labute approximate surface area is 81.8 Å². The smallest absolute Gasteiger partial charge is 0.124 e. The highest BCUT2D eigenvalue weighted by Crippen LogP contribution is 2.30. The van der Waals surface area contributed by atoms with E-state index in [1.165, 1.54) is 15.3 Å². The van der Waals surface area contributed by atoms with E-state index in [1.54, 1.807) is 0 Å². The predicted octanol–water partition coefficient (Wildman–Crippen LogP) is 2.18. The van der Waals surface area contributed by atoms with E-state index < -0.39 is 0 Å². The van der Waals surface area contributed by atoms with Gasteiger partial charge in [-0.2, -0.15) is 0 Å². The second kappa shape index (κ2) is 4.02. The summed E-state index contributed by atoms with van der Waals surface area (Å²) in [6.07, 6.45) is 0. The summed E-state index contributed by atoms with van der Waals surface area (Å²) in [5, 5.41) is 0. The molecule has 0 saturated heterocycles. The quantitative estimate of drug-likeness (QED) is 0.584. The molecule has 9 heavy (non-hydrogen) atoms. The molecule has 1 rings (SSSR count). The summed E-state index contributed by atoms with van der Waals surface area (Å²) in [5.41, 5.74) is 2.85. The van der Waals surface area contributed by atoms with Crippen LogP contribution in [0.2, 0.25) is 0 Å². The molecule has 0 aliphatic carbocycles. The number of hydrogen-bond donors (Lipinski definition) is 0. The van der Waals surface area contributed by atoms with Crippen LogP contribution < -0.4 is 0 Å². The molecular formula is C6H10BrMgP. The zero-order valence-corrected chi connectivity index (χ0v) is 7.54. The van der Waals surface area contributed by atoms with Crippen molar-refractivity contribution in [2.75, 3.05) is 0 Å². The first kappa shape index (κ1) is 10.0. The Bertz CT molecular complexity index is 175. The van der Waals surface area contributed by atoms with Crippen LogP contribution >= 0.6 is 24.1 Å². The van der Waals surface area contributed by atoms with E-state index in [-0.39, 0.29) is 23.1 Å². The van der Waals surface area contributed by atoms with Gasteiger partial charge in [0, 0.05) is 4.20 Å². The van der Waals surface area contributed by atoms with Gasteiger partial charge in [-0.15, -0.1) is 8.19 Å². The molecule has 0 bridgehead atoms. The molecule has 1 aromatic heterocycles. The molecule has 0 aromatic carbocycles. The molecule has 0 fully saturated rings. The predicted molar refractivity (Wildman–Crippen MR) is 51.7 cm³/mol. The van der Waals surface area contributed by atoms with E-state index in [0.717, 1.165) is 8.19 Å². The van der Waals surface area contributed by atoms with E-state index >= 15 is 0 Å². The second-order valence-electron chi connectivity index (χ2n) is 1.91. The molecule has 1 heterocycles. The van der Waals surface area contributed by atoms with Crippen LogP contribution in [0.25, 0.3) is 0 Å². The molecule has 0 amide bonds. The van der Waals surface area contributed by atoms with E-state index in [0.29, 0.717) is 0 Å². The first-order valence-electron chi connectivity index (χ1n) is 2.52. The molecule has 1 unspecified atom stereocenters. The lowest BCUT2D eigenvalue weighted by Gasteiger charge is -1.86. The standard InChI is InChI=1S/C6H8BrP.Mg.2H/c1-4-3-8-6(7)5(4)2;;;/h3,8H,1-2H3;;;. The Morgan fingerprint density at radius 1 is 1.44 bits per heavy atom. The molecule has 48 valence electrons. The van der Waals surface area contributed by atoms with E-state index in [1.807, 2.05) is 0 Å². The first-order chi connectivity index (χ1) is 3.72. The summed E-state index contributed by atoms with van der Waals surface area (Å²) in [7, 11) is 0.877. The average molecular weight is 217 g/mol. The van der Waals surface area contributed by atoms with E-state index in [2.05, 4.69) is 35.6 Å². The Kier molecular flexibility index (Phi) is 4.48. The molecule has 0 saturated carbocycles. The molecule has 0 N–H and O–H groups in total. The van der Waals surface area contributed by atoms with Crippen molar-refractivity contribution in [1.29, 1.82) is 0 Å². The largest absolute Gasteiger partial charge is 0.316 e. The topological polar surface area (TPSA) is 0 Å². The Morgan fingerprint density at radius 2 is 2.00 bits per heavy atom. The van der Waals surface area contributed by atoms with Crippen LogP contribution in [0.15, 0.2) is 10.0 Å². The lowest BCUT2D eigenvalue weighted by molar-refractivity contribution is 1.39. The van der Waals surface area contributed by atoms with Crippen LogP contribution in [0.4, 0.5) is 0 Å². The van der Waals surface area contributed by atoms with Gasteiger partial charge in [-0.25, -0.2) is 0 Å². The number of hydrogen-bond acceptors (Lipinski definition) is 0. The fourth-order valence-corrected chi connectivity index (χ4v) is 2.19. The van der Waals surface area contributed by atoms with Crippen molar-refractivity contribution in [2.45, 2.75) is 13.8 Å². The highest BCUT2D eigenvalue weighted by Gasteiger charge is 1.95. The molecule has 1 atom stereocenters. The molecule has 3 heteroatoms.